The summed E-state index contributed by atoms with van der Waals surface area (Å²) >= 11 is 11.6. The first-order chi connectivity index (χ1) is 10.5. The highest BCUT2D eigenvalue weighted by molar-refractivity contribution is 6.42. The first kappa shape index (κ1) is 14.8. The normalized spacial score (nSPS) is 10.9. The molecule has 3 rings (SSSR count). The Morgan fingerprint density at radius 2 is 1.95 bits per heavy atom. The quantitative estimate of drug-likeness (QED) is 0.657. The number of hydrogen-bond acceptors (Lipinski definition) is 4. The lowest BCUT2D eigenvalue weighted by atomic mass is 10.1. The van der Waals surface area contributed by atoms with Crippen molar-refractivity contribution in [3.05, 3.63) is 52.0 Å². The second-order valence-corrected chi connectivity index (χ2v) is 5.51. The molecule has 2 N–H and O–H groups in total. The third kappa shape index (κ3) is 2.53. The van der Waals surface area contributed by atoms with Crippen LogP contribution in [0.5, 0.6) is 5.75 Å². The number of rotatable bonds is 2. The van der Waals surface area contributed by atoms with Crippen molar-refractivity contribution < 1.29 is 9.50 Å². The molecule has 0 aliphatic carbocycles. The smallest absolute Gasteiger partial charge is 0.166 e. The third-order valence-electron chi connectivity index (χ3n) is 3.24. The van der Waals surface area contributed by atoms with Gasteiger partial charge < -0.3 is 10.4 Å². The topological polar surface area (TPSA) is 58.0 Å². The molecule has 0 amide bonds. The van der Waals surface area contributed by atoms with Crippen LogP contribution in [0.2, 0.25) is 10.0 Å². The number of benzene rings is 2. The van der Waals surface area contributed by atoms with Gasteiger partial charge in [-0.25, -0.2) is 14.4 Å². The summed E-state index contributed by atoms with van der Waals surface area (Å²) in [6.45, 7) is 1.76. The molecule has 112 valence electrons. The molecule has 0 fully saturated rings. The summed E-state index contributed by atoms with van der Waals surface area (Å²) in [5.74, 6) is -0.111. The van der Waals surface area contributed by atoms with E-state index in [4.69, 9.17) is 23.2 Å². The fraction of sp³-hybridized carbons (Fsp3) is 0.0667. The van der Waals surface area contributed by atoms with Crippen molar-refractivity contribution in [2.45, 2.75) is 6.92 Å². The Kier molecular flexibility index (Phi) is 3.76. The van der Waals surface area contributed by atoms with E-state index >= 15 is 0 Å². The average Bonchev–Trinajstić information content (AvgIpc) is 2.50. The molecule has 22 heavy (non-hydrogen) atoms. The van der Waals surface area contributed by atoms with Crippen LogP contribution in [0.25, 0.3) is 10.9 Å². The van der Waals surface area contributed by atoms with Gasteiger partial charge in [-0.1, -0.05) is 23.2 Å². The van der Waals surface area contributed by atoms with Crippen molar-refractivity contribution in [2.75, 3.05) is 5.32 Å². The minimum Gasteiger partial charge on any atom is -0.508 e. The van der Waals surface area contributed by atoms with E-state index in [2.05, 4.69) is 15.3 Å². The Morgan fingerprint density at radius 3 is 2.73 bits per heavy atom. The number of phenolic OH excluding ortho intramolecular Hbond substituents is 1. The van der Waals surface area contributed by atoms with Gasteiger partial charge in [-0.3, -0.25) is 0 Å². The molecule has 0 atom stereocenters. The van der Waals surface area contributed by atoms with E-state index in [1.807, 2.05) is 0 Å². The van der Waals surface area contributed by atoms with E-state index < -0.39 is 5.82 Å². The largest absolute Gasteiger partial charge is 0.508 e. The average molecular weight is 338 g/mol. The molecule has 4 nitrogen and oxygen atoms in total. The zero-order valence-corrected chi connectivity index (χ0v) is 12.9. The summed E-state index contributed by atoms with van der Waals surface area (Å²) in [4.78, 5) is 8.21. The molecule has 2 aromatic carbocycles. The van der Waals surface area contributed by atoms with E-state index in [0.29, 0.717) is 22.3 Å². The maximum absolute atomic E-state index is 14.1. The van der Waals surface area contributed by atoms with Crippen molar-refractivity contribution >= 4 is 45.6 Å². The highest BCUT2D eigenvalue weighted by Crippen LogP contribution is 2.33. The maximum atomic E-state index is 14.1. The summed E-state index contributed by atoms with van der Waals surface area (Å²) < 4.78 is 14.1. The molecular weight excluding hydrogens is 328 g/mol. The van der Waals surface area contributed by atoms with Crippen LogP contribution in [0.15, 0.2) is 30.6 Å². The van der Waals surface area contributed by atoms with Crippen molar-refractivity contribution in [2.24, 2.45) is 0 Å². The number of phenols is 1. The Bertz CT molecular complexity index is 886. The maximum Gasteiger partial charge on any atom is 0.166 e. The first-order valence-electron chi connectivity index (χ1n) is 6.32. The van der Waals surface area contributed by atoms with Gasteiger partial charge in [0.2, 0.25) is 0 Å². The SMILES string of the molecule is Cc1cc2c(Nc3ccc(Cl)c(Cl)c3F)ncnc2cc1O. The lowest BCUT2D eigenvalue weighted by Crippen LogP contribution is -1.99. The Morgan fingerprint density at radius 1 is 1.18 bits per heavy atom. The number of halogens is 3. The van der Waals surface area contributed by atoms with Crippen LogP contribution in [0.3, 0.4) is 0 Å². The van der Waals surface area contributed by atoms with Crippen LogP contribution >= 0.6 is 23.2 Å². The number of nitrogens with zero attached hydrogens (tertiary/aromatic N) is 2. The molecule has 0 bridgehead atoms. The highest BCUT2D eigenvalue weighted by Gasteiger charge is 2.13. The number of aryl methyl sites for hydroxylation is 1. The zero-order chi connectivity index (χ0) is 15.9. The van der Waals surface area contributed by atoms with Crippen molar-refractivity contribution in [1.82, 2.24) is 9.97 Å². The summed E-state index contributed by atoms with van der Waals surface area (Å²) in [6, 6.07) is 6.23. The zero-order valence-electron chi connectivity index (χ0n) is 11.4. The predicted molar refractivity (Wildman–Crippen MR) is 85.6 cm³/mol. The summed E-state index contributed by atoms with van der Waals surface area (Å²) in [5.41, 5.74) is 1.36. The number of aromatic hydroxyl groups is 1. The Labute approximate surface area is 135 Å². The number of nitrogens with one attached hydrogen (secondary N) is 1. The monoisotopic (exact) mass is 337 g/mol. The van der Waals surface area contributed by atoms with Crippen LogP contribution in [-0.2, 0) is 0 Å². The molecule has 1 aromatic heterocycles. The standard InChI is InChI=1S/C15H10Cl2FN3O/c1-7-4-8-11(5-12(7)22)19-6-20-15(8)21-10-3-2-9(16)13(17)14(10)18/h2-6,22H,1H3,(H,19,20,21). The summed E-state index contributed by atoms with van der Waals surface area (Å²) in [7, 11) is 0. The van der Waals surface area contributed by atoms with Crippen molar-refractivity contribution in [1.29, 1.82) is 0 Å². The van der Waals surface area contributed by atoms with E-state index in [9.17, 15) is 9.50 Å². The van der Waals surface area contributed by atoms with E-state index in [0.717, 1.165) is 0 Å². The van der Waals surface area contributed by atoms with Crippen LogP contribution in [-0.4, -0.2) is 15.1 Å². The van der Waals surface area contributed by atoms with Gasteiger partial charge >= 0.3 is 0 Å². The fourth-order valence-electron chi connectivity index (χ4n) is 2.05. The van der Waals surface area contributed by atoms with Gasteiger partial charge in [0, 0.05) is 11.5 Å². The van der Waals surface area contributed by atoms with Crippen LogP contribution in [0.1, 0.15) is 5.56 Å². The minimum absolute atomic E-state index is 0.137. The molecule has 3 aromatic rings. The molecule has 0 aliphatic heterocycles. The molecule has 0 aliphatic rings. The Hall–Kier alpha value is -2.11. The molecule has 0 saturated carbocycles. The lowest BCUT2D eigenvalue weighted by Gasteiger charge is -2.11. The second-order valence-electron chi connectivity index (χ2n) is 4.73. The van der Waals surface area contributed by atoms with Gasteiger partial charge in [-0.15, -0.1) is 0 Å². The fourth-order valence-corrected chi connectivity index (χ4v) is 2.36. The van der Waals surface area contributed by atoms with Gasteiger partial charge in [-0.05, 0) is 30.7 Å². The summed E-state index contributed by atoms with van der Waals surface area (Å²) in [5, 5.41) is 13.3. The third-order valence-corrected chi connectivity index (χ3v) is 4.02. The number of anilines is 2. The van der Waals surface area contributed by atoms with Gasteiger partial charge in [-0.2, -0.15) is 0 Å². The molecule has 0 radical (unpaired) electrons. The van der Waals surface area contributed by atoms with Crippen molar-refractivity contribution in [3.8, 4) is 5.75 Å². The van der Waals surface area contributed by atoms with E-state index in [-0.39, 0.29) is 21.5 Å². The van der Waals surface area contributed by atoms with Crippen LogP contribution < -0.4 is 5.32 Å². The molecule has 1 heterocycles. The van der Waals surface area contributed by atoms with Gasteiger partial charge in [0.1, 0.15) is 17.9 Å². The number of hydrogen-bond donors (Lipinski definition) is 2. The van der Waals surface area contributed by atoms with Crippen LogP contribution in [0, 0.1) is 12.7 Å². The lowest BCUT2D eigenvalue weighted by molar-refractivity contribution is 0.472. The van der Waals surface area contributed by atoms with Crippen molar-refractivity contribution in [3.63, 3.8) is 0 Å². The second kappa shape index (κ2) is 5.59. The molecule has 0 unspecified atom stereocenters. The van der Waals surface area contributed by atoms with Gasteiger partial charge in [0.15, 0.2) is 5.82 Å². The molecule has 0 saturated heterocycles. The first-order valence-corrected chi connectivity index (χ1v) is 7.08. The highest BCUT2D eigenvalue weighted by atomic mass is 35.5. The van der Waals surface area contributed by atoms with Gasteiger partial charge in [0.25, 0.3) is 0 Å². The van der Waals surface area contributed by atoms with E-state index in [1.54, 1.807) is 13.0 Å². The number of aromatic nitrogens is 2. The predicted octanol–water partition coefficient (Wildman–Crippen LogP) is 4.83. The molecule has 0 spiro atoms. The minimum atomic E-state index is -0.656. The molecule has 7 heteroatoms. The number of fused-ring (bicyclic) bond motifs is 1. The Balaban J connectivity index is 2.12. The van der Waals surface area contributed by atoms with Gasteiger partial charge in [0.05, 0.1) is 21.2 Å². The molecular formula is C15H10Cl2FN3O. The van der Waals surface area contributed by atoms with Crippen LogP contribution in [0.4, 0.5) is 15.9 Å². The summed E-state index contributed by atoms with van der Waals surface area (Å²) in [6.07, 6.45) is 1.33. The van der Waals surface area contributed by atoms with E-state index in [1.165, 1.54) is 24.5 Å².